The fraction of sp³-hybridized carbons (Fsp3) is 0.429. The third-order valence-electron chi connectivity index (χ3n) is 3.24. The van der Waals surface area contributed by atoms with Crippen LogP contribution in [0.4, 0.5) is 0 Å². The van der Waals surface area contributed by atoms with Crippen LogP contribution in [0.1, 0.15) is 52.9 Å². The van der Waals surface area contributed by atoms with Crippen LogP contribution in [-0.2, 0) is 4.74 Å². The van der Waals surface area contributed by atoms with Crippen molar-refractivity contribution in [3.63, 3.8) is 0 Å². The molecule has 2 aromatic rings. The molecule has 0 spiro atoms. The topological polar surface area (TPSA) is 74.1 Å². The Labute approximate surface area is 125 Å². The van der Waals surface area contributed by atoms with Crippen LogP contribution in [0.25, 0.3) is 10.7 Å². The van der Waals surface area contributed by atoms with Crippen LogP contribution < -0.4 is 0 Å². The maximum atomic E-state index is 11.9. The van der Waals surface area contributed by atoms with Gasteiger partial charge in [-0.1, -0.05) is 0 Å². The zero-order valence-electron chi connectivity index (χ0n) is 11.8. The van der Waals surface area contributed by atoms with Gasteiger partial charge in [0.1, 0.15) is 9.88 Å². The molecule has 3 rings (SSSR count). The fourth-order valence-electron chi connectivity index (χ4n) is 2.12. The maximum absolute atomic E-state index is 11.9. The van der Waals surface area contributed by atoms with Crippen molar-refractivity contribution < 1.29 is 14.3 Å². The molecular weight excluding hydrogens is 290 g/mol. The van der Waals surface area contributed by atoms with Gasteiger partial charge in [0.25, 0.3) is 0 Å². The molecule has 1 fully saturated rings. The van der Waals surface area contributed by atoms with Crippen molar-refractivity contribution in [3.05, 3.63) is 23.1 Å². The first-order chi connectivity index (χ1) is 10.1. The van der Waals surface area contributed by atoms with Crippen LogP contribution in [0.3, 0.4) is 0 Å². The summed E-state index contributed by atoms with van der Waals surface area (Å²) in [6.45, 7) is 3.40. The number of imidazole rings is 1. The lowest BCUT2D eigenvalue weighted by Gasteiger charge is -2.02. The maximum Gasteiger partial charge on any atom is 0.358 e. The minimum Gasteiger partial charge on any atom is -0.461 e. The minimum absolute atomic E-state index is 0.105. The molecule has 0 saturated heterocycles. The molecule has 0 bridgehead atoms. The highest BCUT2D eigenvalue weighted by molar-refractivity contribution is 7.17. The summed E-state index contributed by atoms with van der Waals surface area (Å²) in [4.78, 5) is 32.5. The van der Waals surface area contributed by atoms with Gasteiger partial charge in [0.05, 0.1) is 24.8 Å². The first-order valence-electron chi connectivity index (χ1n) is 6.83. The van der Waals surface area contributed by atoms with Crippen LogP contribution in [-0.4, -0.2) is 32.9 Å². The van der Waals surface area contributed by atoms with Gasteiger partial charge in [0.2, 0.25) is 0 Å². The molecule has 0 radical (unpaired) electrons. The molecule has 110 valence electrons. The Morgan fingerprint density at radius 3 is 2.86 bits per heavy atom. The van der Waals surface area contributed by atoms with E-state index >= 15 is 0 Å². The van der Waals surface area contributed by atoms with Crippen molar-refractivity contribution in [1.82, 2.24) is 14.5 Å². The van der Waals surface area contributed by atoms with Gasteiger partial charge in [-0.3, -0.25) is 4.79 Å². The summed E-state index contributed by atoms with van der Waals surface area (Å²) >= 11 is 1.22. The molecule has 7 heteroatoms. The standard InChI is InChI=1S/C14H15N3O3S/c1-3-20-14(19)11-12(8(2)18)21-13(16-11)10-6-15-7-17(10)9-4-5-9/h6-7,9H,3-5H2,1-2H3. The molecule has 0 aliphatic heterocycles. The first kappa shape index (κ1) is 13.9. The van der Waals surface area contributed by atoms with Gasteiger partial charge in [-0.2, -0.15) is 0 Å². The van der Waals surface area contributed by atoms with E-state index in [1.807, 2.05) is 0 Å². The minimum atomic E-state index is -0.553. The van der Waals surface area contributed by atoms with Crippen molar-refractivity contribution in [2.24, 2.45) is 0 Å². The number of esters is 1. The van der Waals surface area contributed by atoms with E-state index in [9.17, 15) is 9.59 Å². The van der Waals surface area contributed by atoms with Crippen LogP contribution >= 0.6 is 11.3 Å². The number of hydrogen-bond acceptors (Lipinski definition) is 6. The third kappa shape index (κ3) is 2.61. The molecule has 0 unspecified atom stereocenters. The summed E-state index contributed by atoms with van der Waals surface area (Å²) in [6.07, 6.45) is 5.74. The van der Waals surface area contributed by atoms with Crippen LogP contribution in [0.5, 0.6) is 0 Å². The second-order valence-corrected chi connectivity index (χ2v) is 5.89. The number of ether oxygens (including phenoxy) is 1. The van der Waals surface area contributed by atoms with Gasteiger partial charge in [-0.15, -0.1) is 11.3 Å². The van der Waals surface area contributed by atoms with Crippen molar-refractivity contribution in [3.8, 4) is 10.7 Å². The van der Waals surface area contributed by atoms with E-state index in [0.29, 0.717) is 15.9 Å². The number of ketones is 1. The fourth-order valence-corrected chi connectivity index (χ4v) is 3.08. The van der Waals surface area contributed by atoms with Gasteiger partial charge in [-0.05, 0) is 19.8 Å². The van der Waals surface area contributed by atoms with Crippen molar-refractivity contribution >= 4 is 23.1 Å². The van der Waals surface area contributed by atoms with Crippen molar-refractivity contribution in [1.29, 1.82) is 0 Å². The van der Waals surface area contributed by atoms with Gasteiger partial charge < -0.3 is 9.30 Å². The first-order valence-corrected chi connectivity index (χ1v) is 7.64. The third-order valence-corrected chi connectivity index (χ3v) is 4.42. The molecule has 1 saturated carbocycles. The number of thiazole rings is 1. The monoisotopic (exact) mass is 305 g/mol. The summed E-state index contributed by atoms with van der Waals surface area (Å²) in [5.41, 5.74) is 0.952. The number of hydrogen-bond donors (Lipinski definition) is 0. The average Bonchev–Trinajstić information content (AvgIpc) is 3.02. The van der Waals surface area contributed by atoms with E-state index in [0.717, 1.165) is 18.5 Å². The van der Waals surface area contributed by atoms with Gasteiger partial charge in [0.15, 0.2) is 11.5 Å². The SMILES string of the molecule is CCOC(=O)c1nc(-c2cncn2C2CC2)sc1C(C)=O. The Bertz CT molecular complexity index is 700. The van der Waals surface area contributed by atoms with E-state index in [2.05, 4.69) is 14.5 Å². The average molecular weight is 305 g/mol. The Kier molecular flexibility index (Phi) is 3.59. The summed E-state index contributed by atoms with van der Waals surface area (Å²) in [5.74, 6) is -0.734. The Hall–Kier alpha value is -2.02. The summed E-state index contributed by atoms with van der Waals surface area (Å²) in [6, 6.07) is 0.457. The van der Waals surface area contributed by atoms with Crippen LogP contribution in [0, 0.1) is 0 Å². The lowest BCUT2D eigenvalue weighted by atomic mass is 10.3. The molecule has 0 aromatic carbocycles. The highest BCUT2D eigenvalue weighted by atomic mass is 32.1. The highest BCUT2D eigenvalue weighted by Gasteiger charge is 2.29. The lowest BCUT2D eigenvalue weighted by Crippen LogP contribution is -2.09. The molecule has 21 heavy (non-hydrogen) atoms. The van der Waals surface area contributed by atoms with Gasteiger partial charge >= 0.3 is 5.97 Å². The quantitative estimate of drug-likeness (QED) is 0.627. The number of aromatic nitrogens is 3. The molecule has 2 aromatic heterocycles. The summed E-state index contributed by atoms with van der Waals surface area (Å²) < 4.78 is 7.02. The number of carbonyl (C=O) groups excluding carboxylic acids is 2. The van der Waals surface area contributed by atoms with E-state index in [4.69, 9.17) is 4.74 Å². The summed E-state index contributed by atoms with van der Waals surface area (Å²) in [7, 11) is 0. The van der Waals surface area contributed by atoms with E-state index in [1.165, 1.54) is 18.3 Å². The van der Waals surface area contributed by atoms with E-state index < -0.39 is 5.97 Å². The predicted molar refractivity (Wildman–Crippen MR) is 77.6 cm³/mol. The molecule has 6 nitrogen and oxygen atoms in total. The zero-order chi connectivity index (χ0) is 15.0. The van der Waals surface area contributed by atoms with Crippen molar-refractivity contribution in [2.45, 2.75) is 32.7 Å². The number of carbonyl (C=O) groups is 2. The highest BCUT2D eigenvalue weighted by Crippen LogP contribution is 2.39. The smallest absolute Gasteiger partial charge is 0.358 e. The Morgan fingerprint density at radius 2 is 2.24 bits per heavy atom. The van der Waals surface area contributed by atoms with E-state index in [-0.39, 0.29) is 18.1 Å². The largest absolute Gasteiger partial charge is 0.461 e. The van der Waals surface area contributed by atoms with Crippen LogP contribution in [0.15, 0.2) is 12.5 Å². The van der Waals surface area contributed by atoms with Gasteiger partial charge in [0, 0.05) is 13.0 Å². The summed E-state index contributed by atoms with van der Waals surface area (Å²) in [5, 5.41) is 0.632. The zero-order valence-corrected chi connectivity index (χ0v) is 12.6. The second kappa shape index (κ2) is 5.40. The molecule has 0 N–H and O–H groups in total. The van der Waals surface area contributed by atoms with Crippen LogP contribution in [0.2, 0.25) is 0 Å². The molecule has 2 heterocycles. The lowest BCUT2D eigenvalue weighted by molar-refractivity contribution is 0.0517. The molecule has 1 aliphatic carbocycles. The molecular formula is C14H15N3O3S. The molecule has 0 atom stereocenters. The number of nitrogens with zero attached hydrogens (tertiary/aromatic N) is 3. The Morgan fingerprint density at radius 1 is 1.48 bits per heavy atom. The van der Waals surface area contributed by atoms with Gasteiger partial charge in [-0.25, -0.2) is 14.8 Å². The Balaban J connectivity index is 2.03. The van der Waals surface area contributed by atoms with Crippen molar-refractivity contribution in [2.75, 3.05) is 6.61 Å². The predicted octanol–water partition coefficient (Wildman–Crippen LogP) is 2.72. The number of rotatable bonds is 5. The normalized spacial score (nSPS) is 14.2. The second-order valence-electron chi connectivity index (χ2n) is 4.89. The molecule has 0 amide bonds. The molecule has 1 aliphatic rings. The number of Topliss-reactive ketones (excluding diaryl/α,β-unsaturated/α-hetero) is 1. The van der Waals surface area contributed by atoms with E-state index in [1.54, 1.807) is 19.4 Å².